The summed E-state index contributed by atoms with van der Waals surface area (Å²) in [5.41, 5.74) is 0.941. The largest absolute Gasteiger partial charge is 0.391 e. The molecule has 0 amide bonds. The Balaban J connectivity index is 2.45. The number of nitrogens with one attached hydrogen (secondary N) is 1. The second kappa shape index (κ2) is 6.78. The number of hydrogen-bond donors (Lipinski definition) is 2. The molecule has 0 aromatic heterocycles. The van der Waals surface area contributed by atoms with E-state index in [1.165, 1.54) is 12.1 Å². The summed E-state index contributed by atoms with van der Waals surface area (Å²) in [7, 11) is 0. The summed E-state index contributed by atoms with van der Waals surface area (Å²) in [6.07, 6.45) is 1.69. The van der Waals surface area contributed by atoms with Gasteiger partial charge in [-0.25, -0.2) is 0 Å². The number of non-ortho nitro benzene ring substituents is 1. The lowest BCUT2D eigenvalue weighted by Crippen LogP contribution is -2.28. The summed E-state index contributed by atoms with van der Waals surface area (Å²) >= 11 is 0. The smallest absolute Gasteiger partial charge is 0.269 e. The molecule has 0 aliphatic rings. The van der Waals surface area contributed by atoms with Gasteiger partial charge in [-0.15, -0.1) is 6.58 Å². The van der Waals surface area contributed by atoms with Crippen molar-refractivity contribution in [2.45, 2.75) is 12.5 Å². The van der Waals surface area contributed by atoms with Crippen LogP contribution in [-0.4, -0.2) is 29.2 Å². The van der Waals surface area contributed by atoms with Crippen LogP contribution in [0, 0.1) is 10.1 Å². The van der Waals surface area contributed by atoms with Crippen LogP contribution in [0.15, 0.2) is 36.9 Å². The summed E-state index contributed by atoms with van der Waals surface area (Å²) in [5.74, 6) is 0. The van der Waals surface area contributed by atoms with Crippen molar-refractivity contribution in [2.24, 2.45) is 0 Å². The Hall–Kier alpha value is -1.72. The van der Waals surface area contributed by atoms with Gasteiger partial charge in [-0.05, 0) is 12.0 Å². The van der Waals surface area contributed by atoms with Crippen LogP contribution in [0.2, 0.25) is 0 Å². The lowest BCUT2D eigenvalue weighted by molar-refractivity contribution is -0.384. The Morgan fingerprint density at radius 1 is 1.47 bits per heavy atom. The van der Waals surface area contributed by atoms with Crippen molar-refractivity contribution >= 4 is 5.69 Å². The van der Waals surface area contributed by atoms with E-state index >= 15 is 0 Å². The van der Waals surface area contributed by atoms with E-state index in [2.05, 4.69) is 11.9 Å². The van der Waals surface area contributed by atoms with E-state index < -0.39 is 11.0 Å². The quantitative estimate of drug-likeness (QED) is 0.323. The Labute approximate surface area is 99.9 Å². The minimum atomic E-state index is -0.503. The molecule has 1 aromatic rings. The second-order valence-corrected chi connectivity index (χ2v) is 3.73. The van der Waals surface area contributed by atoms with Gasteiger partial charge in [0.15, 0.2) is 0 Å². The molecule has 0 fully saturated rings. The molecule has 92 valence electrons. The van der Waals surface area contributed by atoms with Crippen LogP contribution < -0.4 is 5.32 Å². The highest BCUT2D eigenvalue weighted by Crippen LogP contribution is 2.12. The summed E-state index contributed by atoms with van der Waals surface area (Å²) in [6, 6.07) is 6.21. The first-order valence-electron chi connectivity index (χ1n) is 5.36. The number of nitrogens with zero attached hydrogens (tertiary/aromatic N) is 1. The van der Waals surface area contributed by atoms with E-state index in [9.17, 15) is 15.2 Å². The third kappa shape index (κ3) is 4.76. The van der Waals surface area contributed by atoms with Gasteiger partial charge in [-0.3, -0.25) is 10.1 Å². The van der Waals surface area contributed by atoms with Crippen molar-refractivity contribution in [1.29, 1.82) is 0 Å². The molecule has 0 heterocycles. The molecule has 0 radical (unpaired) electrons. The average molecular weight is 236 g/mol. The molecule has 0 saturated carbocycles. The minimum Gasteiger partial charge on any atom is -0.391 e. The monoisotopic (exact) mass is 236 g/mol. The maximum atomic E-state index is 10.4. The van der Waals surface area contributed by atoms with Gasteiger partial charge in [0.2, 0.25) is 0 Å². The lowest BCUT2D eigenvalue weighted by Gasteiger charge is -2.10. The van der Waals surface area contributed by atoms with Crippen LogP contribution in [0.3, 0.4) is 0 Å². The molecule has 0 aliphatic carbocycles. The fraction of sp³-hybridized carbons (Fsp3) is 0.333. The van der Waals surface area contributed by atoms with Gasteiger partial charge in [0.25, 0.3) is 5.69 Å². The third-order valence-corrected chi connectivity index (χ3v) is 2.29. The number of aliphatic hydroxyl groups is 1. The van der Waals surface area contributed by atoms with Crippen molar-refractivity contribution in [3.05, 3.63) is 52.6 Å². The zero-order valence-corrected chi connectivity index (χ0v) is 9.50. The van der Waals surface area contributed by atoms with E-state index in [0.717, 1.165) is 5.56 Å². The van der Waals surface area contributed by atoms with Crippen molar-refractivity contribution in [2.75, 3.05) is 13.1 Å². The molecule has 5 nitrogen and oxygen atoms in total. The highest BCUT2D eigenvalue weighted by Gasteiger charge is 2.07. The van der Waals surface area contributed by atoms with E-state index in [1.807, 2.05) is 0 Å². The molecular weight excluding hydrogens is 220 g/mol. The molecule has 1 atom stereocenters. The molecule has 1 rings (SSSR count). The van der Waals surface area contributed by atoms with E-state index in [0.29, 0.717) is 19.5 Å². The van der Waals surface area contributed by atoms with E-state index in [4.69, 9.17) is 0 Å². The van der Waals surface area contributed by atoms with Gasteiger partial charge in [0, 0.05) is 25.2 Å². The molecular formula is C12H16N2O3. The van der Waals surface area contributed by atoms with E-state index in [1.54, 1.807) is 18.2 Å². The van der Waals surface area contributed by atoms with Gasteiger partial charge in [0.05, 0.1) is 11.0 Å². The predicted molar refractivity (Wildman–Crippen MR) is 65.9 cm³/mol. The van der Waals surface area contributed by atoms with Crippen LogP contribution >= 0.6 is 0 Å². The van der Waals surface area contributed by atoms with Gasteiger partial charge >= 0.3 is 0 Å². The molecule has 5 heteroatoms. The fourth-order valence-corrected chi connectivity index (χ4v) is 1.45. The van der Waals surface area contributed by atoms with Crippen molar-refractivity contribution in [3.8, 4) is 0 Å². The van der Waals surface area contributed by atoms with Gasteiger partial charge in [0.1, 0.15) is 0 Å². The van der Waals surface area contributed by atoms with Gasteiger partial charge in [-0.1, -0.05) is 18.2 Å². The van der Waals surface area contributed by atoms with Crippen molar-refractivity contribution < 1.29 is 10.0 Å². The highest BCUT2D eigenvalue weighted by atomic mass is 16.6. The van der Waals surface area contributed by atoms with Crippen molar-refractivity contribution in [1.82, 2.24) is 5.32 Å². The Kier molecular flexibility index (Phi) is 5.32. The second-order valence-electron chi connectivity index (χ2n) is 3.73. The molecule has 1 aromatic carbocycles. The SMILES string of the molecule is C=CCNCC(O)Cc1ccc([N+](=O)[O-])cc1. The number of rotatable bonds is 7. The molecule has 0 saturated heterocycles. The summed E-state index contributed by atoms with van der Waals surface area (Å²) in [5, 5.41) is 23.1. The Morgan fingerprint density at radius 2 is 2.12 bits per heavy atom. The van der Waals surface area contributed by atoms with Crippen LogP contribution in [-0.2, 0) is 6.42 Å². The number of benzene rings is 1. The minimum absolute atomic E-state index is 0.0630. The molecule has 1 unspecified atom stereocenters. The number of aliphatic hydroxyl groups excluding tert-OH is 1. The summed E-state index contributed by atoms with van der Waals surface area (Å²) in [6.45, 7) is 4.69. The zero-order chi connectivity index (χ0) is 12.7. The highest BCUT2D eigenvalue weighted by molar-refractivity contribution is 5.33. The molecule has 0 aliphatic heterocycles. The first kappa shape index (κ1) is 13.3. The molecule has 2 N–H and O–H groups in total. The predicted octanol–water partition coefficient (Wildman–Crippen LogP) is 1.27. The topological polar surface area (TPSA) is 75.4 Å². The average Bonchev–Trinajstić information content (AvgIpc) is 2.30. The van der Waals surface area contributed by atoms with Gasteiger partial charge in [-0.2, -0.15) is 0 Å². The number of hydrogen-bond acceptors (Lipinski definition) is 4. The standard InChI is InChI=1S/C12H16N2O3/c1-2-7-13-9-12(15)8-10-3-5-11(6-4-10)14(16)17/h2-6,12-13,15H,1,7-9H2. The molecule has 17 heavy (non-hydrogen) atoms. The zero-order valence-electron chi connectivity index (χ0n) is 9.50. The van der Waals surface area contributed by atoms with Crippen LogP contribution in [0.5, 0.6) is 0 Å². The van der Waals surface area contributed by atoms with Crippen LogP contribution in [0.4, 0.5) is 5.69 Å². The normalized spacial score (nSPS) is 12.1. The summed E-state index contributed by atoms with van der Waals surface area (Å²) in [4.78, 5) is 10.0. The van der Waals surface area contributed by atoms with Crippen LogP contribution in [0.1, 0.15) is 5.56 Å². The maximum absolute atomic E-state index is 10.4. The number of nitro groups is 1. The molecule has 0 spiro atoms. The number of nitro benzene ring substituents is 1. The Bertz CT molecular complexity index is 376. The van der Waals surface area contributed by atoms with E-state index in [-0.39, 0.29) is 5.69 Å². The third-order valence-electron chi connectivity index (χ3n) is 2.29. The fourth-order valence-electron chi connectivity index (χ4n) is 1.45. The maximum Gasteiger partial charge on any atom is 0.269 e. The van der Waals surface area contributed by atoms with Gasteiger partial charge < -0.3 is 10.4 Å². The first-order chi connectivity index (χ1) is 8.13. The summed E-state index contributed by atoms with van der Waals surface area (Å²) < 4.78 is 0. The van der Waals surface area contributed by atoms with Crippen molar-refractivity contribution in [3.63, 3.8) is 0 Å². The van der Waals surface area contributed by atoms with Crippen LogP contribution in [0.25, 0.3) is 0 Å². The first-order valence-corrected chi connectivity index (χ1v) is 5.36. The Morgan fingerprint density at radius 3 is 2.65 bits per heavy atom. The lowest BCUT2D eigenvalue weighted by atomic mass is 10.1. The molecule has 0 bridgehead atoms.